The summed E-state index contributed by atoms with van der Waals surface area (Å²) in [7, 11) is 0. The lowest BCUT2D eigenvalue weighted by molar-refractivity contribution is 1.05. The third kappa shape index (κ3) is 2.19. The molecule has 0 aliphatic heterocycles. The lowest BCUT2D eigenvalue weighted by atomic mass is 10.2. The van der Waals surface area contributed by atoms with Crippen LogP contribution in [-0.4, -0.2) is 9.97 Å². The van der Waals surface area contributed by atoms with E-state index in [0.717, 1.165) is 28.4 Å². The van der Waals surface area contributed by atoms with E-state index in [-0.39, 0.29) is 0 Å². The summed E-state index contributed by atoms with van der Waals surface area (Å²) >= 11 is 1.67. The molecule has 0 atom stereocenters. The molecule has 1 N–H and O–H groups in total. The van der Waals surface area contributed by atoms with E-state index < -0.39 is 0 Å². The van der Waals surface area contributed by atoms with Gasteiger partial charge in [-0.2, -0.15) is 0 Å². The van der Waals surface area contributed by atoms with Gasteiger partial charge in [-0.3, -0.25) is 0 Å². The summed E-state index contributed by atoms with van der Waals surface area (Å²) in [5.41, 5.74) is 2.27. The molecule has 90 valence electrons. The number of anilines is 1. The van der Waals surface area contributed by atoms with Crippen LogP contribution in [0.25, 0.3) is 10.2 Å². The number of benzene rings is 1. The number of thiophene rings is 1. The summed E-state index contributed by atoms with van der Waals surface area (Å²) in [6.07, 6.45) is 0. The van der Waals surface area contributed by atoms with Gasteiger partial charge in [0.05, 0.1) is 10.2 Å². The Bertz CT molecular complexity index is 661. The van der Waals surface area contributed by atoms with Gasteiger partial charge < -0.3 is 5.32 Å². The maximum atomic E-state index is 4.48. The standard InChI is InChI=1S/C14H13N3S/c1-10-16-12-7-8-18-13(12)14(17-10)15-9-11-5-3-2-4-6-11/h2-8H,9H2,1H3,(H,15,16,17). The van der Waals surface area contributed by atoms with Gasteiger partial charge in [-0.1, -0.05) is 30.3 Å². The summed E-state index contributed by atoms with van der Waals surface area (Å²) < 4.78 is 1.12. The van der Waals surface area contributed by atoms with E-state index in [9.17, 15) is 0 Å². The largest absolute Gasteiger partial charge is 0.365 e. The zero-order valence-corrected chi connectivity index (χ0v) is 10.9. The molecule has 0 radical (unpaired) electrons. The molecule has 3 aromatic rings. The molecule has 0 amide bonds. The van der Waals surface area contributed by atoms with E-state index in [4.69, 9.17) is 0 Å². The van der Waals surface area contributed by atoms with Gasteiger partial charge in [-0.25, -0.2) is 9.97 Å². The fraction of sp³-hybridized carbons (Fsp3) is 0.143. The monoisotopic (exact) mass is 255 g/mol. The van der Waals surface area contributed by atoms with Crippen molar-refractivity contribution < 1.29 is 0 Å². The van der Waals surface area contributed by atoms with Crippen molar-refractivity contribution in [3.8, 4) is 0 Å². The predicted octanol–water partition coefficient (Wildman–Crippen LogP) is 3.61. The molecule has 0 spiro atoms. The Morgan fingerprint density at radius 1 is 1.11 bits per heavy atom. The average molecular weight is 255 g/mol. The van der Waals surface area contributed by atoms with Crippen molar-refractivity contribution in [3.05, 3.63) is 53.2 Å². The number of nitrogens with zero attached hydrogens (tertiary/aromatic N) is 2. The van der Waals surface area contributed by atoms with Crippen LogP contribution >= 0.6 is 11.3 Å². The maximum Gasteiger partial charge on any atom is 0.148 e. The van der Waals surface area contributed by atoms with Gasteiger partial charge in [-0.15, -0.1) is 11.3 Å². The van der Waals surface area contributed by atoms with Crippen molar-refractivity contribution in [2.75, 3.05) is 5.32 Å². The van der Waals surface area contributed by atoms with Crippen LogP contribution in [0.2, 0.25) is 0 Å². The normalized spacial score (nSPS) is 10.7. The van der Waals surface area contributed by atoms with Gasteiger partial charge in [0, 0.05) is 6.54 Å². The molecule has 18 heavy (non-hydrogen) atoms. The van der Waals surface area contributed by atoms with Crippen molar-refractivity contribution >= 4 is 27.4 Å². The summed E-state index contributed by atoms with van der Waals surface area (Å²) in [5.74, 6) is 1.73. The van der Waals surface area contributed by atoms with Crippen molar-refractivity contribution in [1.29, 1.82) is 0 Å². The Morgan fingerprint density at radius 2 is 1.94 bits per heavy atom. The number of hydrogen-bond acceptors (Lipinski definition) is 4. The first-order chi connectivity index (χ1) is 8.83. The van der Waals surface area contributed by atoms with Gasteiger partial charge in [0.1, 0.15) is 11.6 Å². The predicted molar refractivity (Wildman–Crippen MR) is 75.9 cm³/mol. The van der Waals surface area contributed by atoms with E-state index in [0.29, 0.717) is 0 Å². The van der Waals surface area contributed by atoms with Gasteiger partial charge in [-0.05, 0) is 23.9 Å². The van der Waals surface area contributed by atoms with E-state index in [1.54, 1.807) is 11.3 Å². The molecule has 4 heteroatoms. The highest BCUT2D eigenvalue weighted by molar-refractivity contribution is 7.17. The molecule has 0 saturated carbocycles. The summed E-state index contributed by atoms with van der Waals surface area (Å²) in [6.45, 7) is 2.70. The molecule has 0 fully saturated rings. The third-order valence-corrected chi connectivity index (χ3v) is 3.63. The third-order valence-electron chi connectivity index (χ3n) is 2.72. The van der Waals surface area contributed by atoms with Crippen LogP contribution in [-0.2, 0) is 6.54 Å². The zero-order valence-electron chi connectivity index (χ0n) is 10.1. The Hall–Kier alpha value is -1.94. The smallest absolute Gasteiger partial charge is 0.148 e. The highest BCUT2D eigenvalue weighted by Crippen LogP contribution is 2.26. The minimum atomic E-state index is 0.782. The van der Waals surface area contributed by atoms with Crippen molar-refractivity contribution in [2.24, 2.45) is 0 Å². The first-order valence-corrected chi connectivity index (χ1v) is 6.70. The Labute approximate surface area is 110 Å². The molecule has 0 aliphatic carbocycles. The minimum Gasteiger partial charge on any atom is -0.365 e. The molecule has 0 unspecified atom stereocenters. The van der Waals surface area contributed by atoms with Crippen molar-refractivity contribution in [2.45, 2.75) is 13.5 Å². The average Bonchev–Trinajstić information content (AvgIpc) is 2.85. The SMILES string of the molecule is Cc1nc(NCc2ccccc2)c2sccc2n1. The van der Waals surface area contributed by atoms with Gasteiger partial charge >= 0.3 is 0 Å². The second-order valence-electron chi connectivity index (χ2n) is 4.09. The summed E-state index contributed by atoms with van der Waals surface area (Å²) in [6, 6.07) is 12.4. The molecule has 3 rings (SSSR count). The summed E-state index contributed by atoms with van der Waals surface area (Å²) in [5, 5.41) is 5.44. The van der Waals surface area contributed by atoms with Crippen LogP contribution in [0.15, 0.2) is 41.8 Å². The van der Waals surface area contributed by atoms with Crippen LogP contribution in [0.4, 0.5) is 5.82 Å². The molecular weight excluding hydrogens is 242 g/mol. The maximum absolute atomic E-state index is 4.48. The zero-order chi connectivity index (χ0) is 12.4. The number of hydrogen-bond donors (Lipinski definition) is 1. The molecule has 2 aromatic heterocycles. The highest BCUT2D eigenvalue weighted by Gasteiger charge is 2.06. The molecular formula is C14H13N3S. The molecule has 3 nitrogen and oxygen atoms in total. The fourth-order valence-corrected chi connectivity index (χ4v) is 2.68. The first-order valence-electron chi connectivity index (χ1n) is 5.82. The summed E-state index contributed by atoms with van der Waals surface area (Å²) in [4.78, 5) is 8.89. The fourth-order valence-electron chi connectivity index (χ4n) is 1.88. The van der Waals surface area contributed by atoms with E-state index in [1.807, 2.05) is 36.6 Å². The van der Waals surface area contributed by atoms with E-state index in [2.05, 4.69) is 27.4 Å². The molecule has 1 aromatic carbocycles. The quantitative estimate of drug-likeness (QED) is 0.777. The topological polar surface area (TPSA) is 37.8 Å². The first kappa shape index (κ1) is 11.2. The number of fused-ring (bicyclic) bond motifs is 1. The number of aromatic nitrogens is 2. The van der Waals surface area contributed by atoms with Gasteiger partial charge in [0.2, 0.25) is 0 Å². The van der Waals surface area contributed by atoms with E-state index in [1.165, 1.54) is 5.56 Å². The second kappa shape index (κ2) is 4.74. The van der Waals surface area contributed by atoms with Crippen LogP contribution in [0, 0.1) is 6.92 Å². The molecule has 0 saturated heterocycles. The van der Waals surface area contributed by atoms with Crippen LogP contribution in [0.3, 0.4) is 0 Å². The lowest BCUT2D eigenvalue weighted by Gasteiger charge is -2.07. The Balaban J connectivity index is 1.88. The van der Waals surface area contributed by atoms with Crippen LogP contribution in [0.5, 0.6) is 0 Å². The number of nitrogens with one attached hydrogen (secondary N) is 1. The number of rotatable bonds is 3. The van der Waals surface area contributed by atoms with Crippen LogP contribution < -0.4 is 5.32 Å². The van der Waals surface area contributed by atoms with Crippen molar-refractivity contribution in [1.82, 2.24) is 9.97 Å². The second-order valence-corrected chi connectivity index (χ2v) is 5.01. The minimum absolute atomic E-state index is 0.782. The van der Waals surface area contributed by atoms with Crippen LogP contribution in [0.1, 0.15) is 11.4 Å². The molecule has 0 aliphatic rings. The van der Waals surface area contributed by atoms with E-state index >= 15 is 0 Å². The van der Waals surface area contributed by atoms with Gasteiger partial charge in [0.25, 0.3) is 0 Å². The Morgan fingerprint density at radius 3 is 2.78 bits per heavy atom. The number of aryl methyl sites for hydroxylation is 1. The van der Waals surface area contributed by atoms with Crippen molar-refractivity contribution in [3.63, 3.8) is 0 Å². The lowest BCUT2D eigenvalue weighted by Crippen LogP contribution is -2.03. The molecule has 0 bridgehead atoms. The molecule has 2 heterocycles. The Kier molecular flexibility index (Phi) is 2.94. The highest BCUT2D eigenvalue weighted by atomic mass is 32.1. The van der Waals surface area contributed by atoms with Gasteiger partial charge in [0.15, 0.2) is 0 Å².